The van der Waals surface area contributed by atoms with E-state index >= 15 is 0 Å². The van der Waals surface area contributed by atoms with Crippen molar-refractivity contribution in [3.63, 3.8) is 0 Å². The van der Waals surface area contributed by atoms with E-state index in [2.05, 4.69) is 31.4 Å². The van der Waals surface area contributed by atoms with Gasteiger partial charge in [0.05, 0.1) is 17.3 Å². The Balaban J connectivity index is 3.71. The molecule has 0 saturated heterocycles. The molecule has 1 rings (SSSR count). The number of sulfone groups is 1. The molecule has 0 unspecified atom stereocenters. The molecule has 0 bridgehead atoms. The summed E-state index contributed by atoms with van der Waals surface area (Å²) in [6.07, 6.45) is 11.9. The third kappa shape index (κ3) is 7.43. The molecule has 5 nitrogen and oxygen atoms in total. The molecule has 0 heterocycles. The van der Waals surface area contributed by atoms with E-state index in [0.717, 1.165) is 45.0 Å². The van der Waals surface area contributed by atoms with Crippen LogP contribution in [0.4, 0.5) is 5.69 Å². The Morgan fingerprint density at radius 2 is 1.86 bits per heavy atom. The molecule has 0 spiro atoms. The SMILES string of the molecule is C=C/C=C\C(=C/C)Oc1c(N(CCCC)CCCC)cc(C#N)cc1S(C)(=O)=O. The van der Waals surface area contributed by atoms with Crippen LogP contribution in [0.1, 0.15) is 52.0 Å². The molecule has 29 heavy (non-hydrogen) atoms. The minimum atomic E-state index is -3.61. The van der Waals surface area contributed by atoms with Crippen molar-refractivity contribution in [2.75, 3.05) is 24.2 Å². The van der Waals surface area contributed by atoms with E-state index in [-0.39, 0.29) is 10.6 Å². The molecular weight excluding hydrogens is 384 g/mol. The van der Waals surface area contributed by atoms with Crippen molar-refractivity contribution >= 4 is 15.5 Å². The Hall–Kier alpha value is -2.52. The van der Waals surface area contributed by atoms with Crippen molar-refractivity contribution in [1.29, 1.82) is 5.26 Å². The van der Waals surface area contributed by atoms with Gasteiger partial charge in [0, 0.05) is 19.3 Å². The number of anilines is 1. The van der Waals surface area contributed by atoms with Crippen molar-refractivity contribution < 1.29 is 13.2 Å². The second-order valence-corrected chi connectivity index (χ2v) is 8.77. The maximum absolute atomic E-state index is 12.5. The molecule has 1 aromatic rings. The summed E-state index contributed by atoms with van der Waals surface area (Å²) in [4.78, 5) is 2.15. The average molecular weight is 417 g/mol. The minimum Gasteiger partial charge on any atom is -0.454 e. The topological polar surface area (TPSA) is 70.4 Å². The first-order chi connectivity index (χ1) is 13.8. The van der Waals surface area contributed by atoms with Crippen LogP contribution in [0.5, 0.6) is 5.75 Å². The number of nitriles is 1. The molecular formula is C23H32N2O3S. The number of hydrogen-bond donors (Lipinski definition) is 0. The van der Waals surface area contributed by atoms with Crippen LogP contribution in [0.2, 0.25) is 0 Å². The van der Waals surface area contributed by atoms with Gasteiger partial charge in [0.15, 0.2) is 15.6 Å². The van der Waals surface area contributed by atoms with Crippen LogP contribution in [0.15, 0.2) is 53.7 Å². The van der Waals surface area contributed by atoms with Gasteiger partial charge in [-0.1, -0.05) is 45.4 Å². The third-order valence-electron chi connectivity index (χ3n) is 4.37. The van der Waals surface area contributed by atoms with Gasteiger partial charge in [-0.2, -0.15) is 5.26 Å². The van der Waals surface area contributed by atoms with Crippen LogP contribution in [0.25, 0.3) is 0 Å². The molecule has 0 aliphatic heterocycles. The van der Waals surface area contributed by atoms with Gasteiger partial charge in [-0.05, 0) is 44.1 Å². The normalized spacial score (nSPS) is 12.0. The summed E-state index contributed by atoms with van der Waals surface area (Å²) in [7, 11) is -3.61. The fourth-order valence-corrected chi connectivity index (χ4v) is 3.61. The van der Waals surface area contributed by atoms with E-state index in [1.54, 1.807) is 30.4 Å². The number of ether oxygens (including phenoxy) is 1. The van der Waals surface area contributed by atoms with Crippen molar-refractivity contribution in [2.24, 2.45) is 0 Å². The number of rotatable bonds is 12. The molecule has 0 aliphatic carbocycles. The highest BCUT2D eigenvalue weighted by atomic mass is 32.2. The van der Waals surface area contributed by atoms with E-state index in [0.29, 0.717) is 17.0 Å². The first kappa shape index (κ1) is 24.5. The Morgan fingerprint density at radius 1 is 1.24 bits per heavy atom. The zero-order valence-electron chi connectivity index (χ0n) is 17.9. The molecule has 6 heteroatoms. The summed E-state index contributed by atoms with van der Waals surface area (Å²) < 4.78 is 31.2. The van der Waals surface area contributed by atoms with E-state index in [1.165, 1.54) is 6.07 Å². The standard InChI is InChI=1S/C23H32N2O3S/c1-6-10-13-20(9-4)28-23-21(25(14-11-7-2)15-12-8-3)16-19(18-24)17-22(23)29(5,26)27/h6,9-10,13,16-17H,1,7-8,11-12,14-15H2,2-5H3/b13-10-,20-9+. The summed E-state index contributed by atoms with van der Waals surface area (Å²) >= 11 is 0. The number of nitrogens with zero attached hydrogens (tertiary/aromatic N) is 2. The maximum Gasteiger partial charge on any atom is 0.179 e. The second-order valence-electron chi connectivity index (χ2n) is 6.79. The van der Waals surface area contributed by atoms with Crippen LogP contribution >= 0.6 is 0 Å². The van der Waals surface area contributed by atoms with Gasteiger partial charge >= 0.3 is 0 Å². The van der Waals surface area contributed by atoms with Crippen molar-refractivity contribution in [3.8, 4) is 11.8 Å². The Labute approximate surface area is 175 Å². The summed E-state index contributed by atoms with van der Waals surface area (Å²) in [6.45, 7) is 11.2. The zero-order valence-corrected chi connectivity index (χ0v) is 18.8. The van der Waals surface area contributed by atoms with E-state index in [1.807, 2.05) is 6.92 Å². The zero-order chi connectivity index (χ0) is 21.9. The lowest BCUT2D eigenvalue weighted by Gasteiger charge is -2.28. The van der Waals surface area contributed by atoms with Crippen LogP contribution in [-0.2, 0) is 9.84 Å². The molecule has 0 saturated carbocycles. The number of unbranched alkanes of at least 4 members (excludes halogenated alkanes) is 2. The third-order valence-corrected chi connectivity index (χ3v) is 5.47. The molecule has 0 N–H and O–H groups in total. The van der Waals surface area contributed by atoms with Crippen molar-refractivity contribution in [2.45, 2.75) is 51.3 Å². The first-order valence-electron chi connectivity index (χ1n) is 9.98. The predicted octanol–water partition coefficient (Wildman–Crippen LogP) is 5.39. The van der Waals surface area contributed by atoms with Crippen molar-refractivity contribution in [3.05, 3.63) is 54.3 Å². The molecule has 0 aliphatic rings. The van der Waals surface area contributed by atoms with Crippen LogP contribution < -0.4 is 9.64 Å². The molecule has 0 aromatic heterocycles. The Bertz CT molecular complexity index is 885. The number of allylic oxidation sites excluding steroid dienone is 4. The smallest absolute Gasteiger partial charge is 0.179 e. The largest absolute Gasteiger partial charge is 0.454 e. The van der Waals surface area contributed by atoms with E-state index < -0.39 is 9.84 Å². The Morgan fingerprint density at radius 3 is 2.31 bits per heavy atom. The monoisotopic (exact) mass is 416 g/mol. The van der Waals surface area contributed by atoms with Gasteiger partial charge in [-0.15, -0.1) is 0 Å². The Kier molecular flexibility index (Phi) is 10.3. The fraction of sp³-hybridized carbons (Fsp3) is 0.435. The highest BCUT2D eigenvalue weighted by molar-refractivity contribution is 7.90. The summed E-state index contributed by atoms with van der Waals surface area (Å²) in [5, 5.41) is 9.48. The lowest BCUT2D eigenvalue weighted by molar-refractivity contribution is 0.429. The molecule has 158 valence electrons. The second kappa shape index (κ2) is 12.1. The highest BCUT2D eigenvalue weighted by Crippen LogP contribution is 2.38. The first-order valence-corrected chi connectivity index (χ1v) is 11.9. The molecule has 1 aromatic carbocycles. The molecule has 0 amide bonds. The molecule has 0 radical (unpaired) electrons. The lowest BCUT2D eigenvalue weighted by atomic mass is 10.1. The minimum absolute atomic E-state index is 0.0240. The highest BCUT2D eigenvalue weighted by Gasteiger charge is 2.24. The summed E-state index contributed by atoms with van der Waals surface area (Å²) in [6, 6.07) is 5.19. The quantitative estimate of drug-likeness (QED) is 0.337. The number of benzene rings is 1. The molecule has 0 fully saturated rings. The van der Waals surface area contributed by atoms with Gasteiger partial charge in [-0.3, -0.25) is 0 Å². The van der Waals surface area contributed by atoms with Crippen LogP contribution in [-0.4, -0.2) is 27.8 Å². The van der Waals surface area contributed by atoms with Gasteiger partial charge < -0.3 is 9.64 Å². The van der Waals surface area contributed by atoms with Gasteiger partial charge in [-0.25, -0.2) is 8.42 Å². The van der Waals surface area contributed by atoms with Gasteiger partial charge in [0.25, 0.3) is 0 Å². The number of hydrogen-bond acceptors (Lipinski definition) is 5. The van der Waals surface area contributed by atoms with Gasteiger partial charge in [0.2, 0.25) is 0 Å². The maximum atomic E-state index is 12.5. The van der Waals surface area contributed by atoms with Gasteiger partial charge in [0.1, 0.15) is 10.7 Å². The fourth-order valence-electron chi connectivity index (χ4n) is 2.79. The van der Waals surface area contributed by atoms with Crippen LogP contribution in [0, 0.1) is 11.3 Å². The van der Waals surface area contributed by atoms with Crippen molar-refractivity contribution in [1.82, 2.24) is 0 Å². The summed E-state index contributed by atoms with van der Waals surface area (Å²) in [5.41, 5.74) is 0.937. The molecule has 0 atom stereocenters. The summed E-state index contributed by atoms with van der Waals surface area (Å²) in [5.74, 6) is 0.771. The van der Waals surface area contributed by atoms with E-state index in [4.69, 9.17) is 4.74 Å². The predicted molar refractivity (Wildman–Crippen MR) is 120 cm³/mol. The van der Waals surface area contributed by atoms with Crippen LogP contribution in [0.3, 0.4) is 0 Å². The lowest BCUT2D eigenvalue weighted by Crippen LogP contribution is -2.27. The average Bonchev–Trinajstić information content (AvgIpc) is 2.70. The van der Waals surface area contributed by atoms with E-state index in [9.17, 15) is 13.7 Å².